The van der Waals surface area contributed by atoms with Gasteiger partial charge >= 0.3 is 82.9 Å². The first-order valence-electron chi connectivity index (χ1n) is 4.80. The predicted octanol–water partition coefficient (Wildman–Crippen LogP) is 2.75. The SMILES string of the molecule is CCC[CH2][Sn]([CH2]CCC)[O]C=O. The first-order valence-corrected chi connectivity index (χ1v) is 10.00. The van der Waals surface area contributed by atoms with Crippen LogP contribution in [0.5, 0.6) is 0 Å². The van der Waals surface area contributed by atoms with Gasteiger partial charge in [0.1, 0.15) is 0 Å². The second-order valence-corrected chi connectivity index (χ2v) is 9.56. The molecule has 3 heteroatoms. The topological polar surface area (TPSA) is 26.3 Å². The van der Waals surface area contributed by atoms with Gasteiger partial charge in [-0.1, -0.05) is 0 Å². The van der Waals surface area contributed by atoms with E-state index in [9.17, 15) is 4.79 Å². The van der Waals surface area contributed by atoms with Crippen molar-refractivity contribution in [2.45, 2.75) is 48.4 Å². The Balaban J connectivity index is 3.46. The molecule has 0 aliphatic rings. The van der Waals surface area contributed by atoms with E-state index >= 15 is 0 Å². The van der Waals surface area contributed by atoms with Gasteiger partial charge in [0.2, 0.25) is 0 Å². The molecule has 71 valence electrons. The van der Waals surface area contributed by atoms with E-state index in [0.717, 1.165) is 0 Å². The fraction of sp³-hybridized carbons (Fsp3) is 0.889. The molecule has 0 atom stereocenters. The summed E-state index contributed by atoms with van der Waals surface area (Å²) in [5.41, 5.74) is 0. The van der Waals surface area contributed by atoms with Crippen molar-refractivity contribution in [1.29, 1.82) is 0 Å². The van der Waals surface area contributed by atoms with Crippen LogP contribution < -0.4 is 0 Å². The molecule has 0 aromatic heterocycles. The van der Waals surface area contributed by atoms with Gasteiger partial charge in [0, 0.05) is 0 Å². The minimum atomic E-state index is -1.68. The number of hydrogen-bond acceptors (Lipinski definition) is 2. The summed E-state index contributed by atoms with van der Waals surface area (Å²) in [6.45, 7) is 5.03. The van der Waals surface area contributed by atoms with Crippen LogP contribution in [0.2, 0.25) is 8.87 Å². The molecule has 1 radical (unpaired) electrons. The van der Waals surface area contributed by atoms with E-state index in [1.165, 1.54) is 34.6 Å². The maximum atomic E-state index is 10.2. The molecule has 0 saturated heterocycles. The number of carbonyl (C=O) groups is 1. The number of unbranched alkanes of at least 4 members (excludes halogenated alkanes) is 2. The molecular weight excluding hydrogens is 259 g/mol. The summed E-state index contributed by atoms with van der Waals surface area (Å²) in [5, 5.41) is 0. The van der Waals surface area contributed by atoms with E-state index in [1.807, 2.05) is 0 Å². The molecule has 0 unspecified atom stereocenters. The van der Waals surface area contributed by atoms with E-state index in [0.29, 0.717) is 6.47 Å². The van der Waals surface area contributed by atoms with Gasteiger partial charge in [-0.2, -0.15) is 0 Å². The van der Waals surface area contributed by atoms with Crippen molar-refractivity contribution in [3.63, 3.8) is 0 Å². The van der Waals surface area contributed by atoms with Crippen molar-refractivity contribution in [3.05, 3.63) is 0 Å². The summed E-state index contributed by atoms with van der Waals surface area (Å²) >= 11 is -1.68. The van der Waals surface area contributed by atoms with Gasteiger partial charge in [0.25, 0.3) is 0 Å². The van der Waals surface area contributed by atoms with Gasteiger partial charge in [0.05, 0.1) is 0 Å². The summed E-state index contributed by atoms with van der Waals surface area (Å²) in [7, 11) is 0. The number of rotatable bonds is 8. The molecule has 0 bridgehead atoms. The zero-order valence-corrected chi connectivity index (χ0v) is 11.0. The molecule has 0 amide bonds. The Morgan fingerprint density at radius 3 is 2.00 bits per heavy atom. The normalized spacial score (nSPS) is 10.2. The fourth-order valence-electron chi connectivity index (χ4n) is 1.06. The van der Waals surface area contributed by atoms with Crippen molar-refractivity contribution in [1.82, 2.24) is 0 Å². The van der Waals surface area contributed by atoms with Crippen LogP contribution in [0.4, 0.5) is 0 Å². The molecule has 0 spiro atoms. The predicted molar refractivity (Wildman–Crippen MR) is 52.3 cm³/mol. The molecule has 0 rings (SSSR count). The molecule has 0 fully saturated rings. The third kappa shape index (κ3) is 6.95. The van der Waals surface area contributed by atoms with Crippen LogP contribution in [0.25, 0.3) is 0 Å². The van der Waals surface area contributed by atoms with Crippen molar-refractivity contribution in [2.75, 3.05) is 0 Å². The van der Waals surface area contributed by atoms with Crippen LogP contribution in [-0.2, 0) is 7.87 Å². The van der Waals surface area contributed by atoms with Gasteiger partial charge in [-0.25, -0.2) is 0 Å². The van der Waals surface area contributed by atoms with Crippen LogP contribution in [0.1, 0.15) is 39.5 Å². The van der Waals surface area contributed by atoms with E-state index in [2.05, 4.69) is 13.8 Å². The standard InChI is InChI=1S/2C4H9.CH2O2.Sn/c2*1-3-4-2;2-1-3;/h2*1,3-4H2,2H3;1H,(H,2,3);/q;;;+1/p-1. The number of hydrogen-bond donors (Lipinski definition) is 0. The van der Waals surface area contributed by atoms with E-state index < -0.39 is 20.2 Å². The molecular formula is C9H19O2Sn. The Hall–Kier alpha value is 0.269. The molecule has 2 nitrogen and oxygen atoms in total. The number of carbonyl (C=O) groups excluding carboxylic acids is 1. The zero-order valence-electron chi connectivity index (χ0n) is 8.14. The second kappa shape index (κ2) is 9.36. The van der Waals surface area contributed by atoms with Gasteiger partial charge in [-0.15, -0.1) is 0 Å². The van der Waals surface area contributed by atoms with Crippen molar-refractivity contribution in [2.24, 2.45) is 0 Å². The zero-order chi connectivity index (χ0) is 9.23. The molecule has 0 N–H and O–H groups in total. The van der Waals surface area contributed by atoms with Gasteiger partial charge in [-0.3, -0.25) is 0 Å². The first kappa shape index (κ1) is 12.3. The molecule has 0 aromatic carbocycles. The average molecular weight is 278 g/mol. The van der Waals surface area contributed by atoms with Crippen LogP contribution in [0.3, 0.4) is 0 Å². The third-order valence-electron chi connectivity index (χ3n) is 1.83. The maximum absolute atomic E-state index is 10.2. The van der Waals surface area contributed by atoms with Crippen LogP contribution in [-0.4, -0.2) is 26.6 Å². The molecule has 0 aromatic rings. The quantitative estimate of drug-likeness (QED) is 0.504. The Morgan fingerprint density at radius 2 is 1.67 bits per heavy atom. The van der Waals surface area contributed by atoms with E-state index in [1.54, 1.807) is 0 Å². The Bertz CT molecular complexity index is 98.7. The Morgan fingerprint density at radius 1 is 1.17 bits per heavy atom. The summed E-state index contributed by atoms with van der Waals surface area (Å²) in [5.74, 6) is 0. The minimum absolute atomic E-state index is 0.667. The molecule has 0 aliphatic carbocycles. The molecule has 0 aliphatic heterocycles. The fourth-order valence-corrected chi connectivity index (χ4v) is 7.10. The van der Waals surface area contributed by atoms with Crippen LogP contribution >= 0.6 is 0 Å². The molecule has 0 saturated carbocycles. The van der Waals surface area contributed by atoms with Crippen molar-refractivity contribution in [3.8, 4) is 0 Å². The molecule has 0 heterocycles. The van der Waals surface area contributed by atoms with Gasteiger partial charge < -0.3 is 0 Å². The van der Waals surface area contributed by atoms with Crippen molar-refractivity contribution >= 4 is 26.6 Å². The van der Waals surface area contributed by atoms with Crippen molar-refractivity contribution < 1.29 is 7.87 Å². The third-order valence-corrected chi connectivity index (χ3v) is 8.26. The molecule has 12 heavy (non-hydrogen) atoms. The van der Waals surface area contributed by atoms with E-state index in [4.69, 9.17) is 3.07 Å². The van der Waals surface area contributed by atoms with Crippen LogP contribution in [0, 0.1) is 0 Å². The summed E-state index contributed by atoms with van der Waals surface area (Å²) < 4.78 is 7.60. The second-order valence-electron chi connectivity index (χ2n) is 2.96. The first-order chi connectivity index (χ1) is 5.85. The Kier molecular flexibility index (Phi) is 9.57. The van der Waals surface area contributed by atoms with E-state index in [-0.39, 0.29) is 0 Å². The van der Waals surface area contributed by atoms with Gasteiger partial charge in [-0.05, 0) is 0 Å². The summed E-state index contributed by atoms with van der Waals surface area (Å²) in [6.07, 6.45) is 4.93. The average Bonchev–Trinajstić information content (AvgIpc) is 2.10. The monoisotopic (exact) mass is 279 g/mol. The van der Waals surface area contributed by atoms with Gasteiger partial charge in [0.15, 0.2) is 0 Å². The Labute approximate surface area is 83.0 Å². The van der Waals surface area contributed by atoms with Crippen LogP contribution in [0.15, 0.2) is 0 Å². The summed E-state index contributed by atoms with van der Waals surface area (Å²) in [4.78, 5) is 10.2. The summed E-state index contributed by atoms with van der Waals surface area (Å²) in [6, 6.07) is 0.